The molecule has 0 bridgehead atoms. The van der Waals surface area contributed by atoms with Crippen LogP contribution in [0.3, 0.4) is 0 Å². The zero-order valence-corrected chi connectivity index (χ0v) is 21.7. The largest absolute Gasteiger partial charge is 0.465 e. The number of nitrogens with one attached hydrogen (secondary N) is 1. The van der Waals surface area contributed by atoms with E-state index in [1.165, 1.54) is 12.0 Å². The molecule has 0 atom stereocenters. The fraction of sp³-hybridized carbons (Fsp3) is 0.214. The fourth-order valence-corrected chi connectivity index (χ4v) is 4.79. The van der Waals surface area contributed by atoms with Crippen LogP contribution < -0.4 is 10.2 Å². The van der Waals surface area contributed by atoms with Crippen LogP contribution in [0.4, 0.5) is 5.69 Å². The number of para-hydroxylation sites is 1. The first-order chi connectivity index (χ1) is 17.2. The molecule has 2 heterocycles. The molecular weight excluding hydrogens is 474 g/mol. The van der Waals surface area contributed by atoms with Crippen molar-refractivity contribution in [2.75, 3.05) is 12.0 Å². The van der Waals surface area contributed by atoms with Crippen molar-refractivity contribution < 1.29 is 19.1 Å². The molecule has 1 aliphatic rings. The molecule has 1 N–H and O–H groups in total. The van der Waals surface area contributed by atoms with Gasteiger partial charge in [-0.3, -0.25) is 19.8 Å². The van der Waals surface area contributed by atoms with E-state index in [-0.39, 0.29) is 10.7 Å². The molecule has 7 nitrogen and oxygen atoms in total. The maximum atomic E-state index is 13.5. The summed E-state index contributed by atoms with van der Waals surface area (Å²) in [5, 5.41) is 2.73. The van der Waals surface area contributed by atoms with Crippen LogP contribution in [0, 0.1) is 20.8 Å². The van der Waals surface area contributed by atoms with Crippen molar-refractivity contribution in [3.8, 4) is 5.69 Å². The quantitative estimate of drug-likeness (QED) is 0.240. The summed E-state index contributed by atoms with van der Waals surface area (Å²) in [6.45, 7) is 7.79. The number of hydrogen-bond donors (Lipinski definition) is 1. The number of ether oxygens (including phenoxy) is 1. The average molecular weight is 502 g/mol. The van der Waals surface area contributed by atoms with Crippen molar-refractivity contribution in [2.45, 2.75) is 34.1 Å². The molecule has 0 unspecified atom stereocenters. The first-order valence-electron chi connectivity index (χ1n) is 11.6. The summed E-state index contributed by atoms with van der Waals surface area (Å²) >= 11 is 5.36. The Morgan fingerprint density at radius 2 is 1.78 bits per heavy atom. The van der Waals surface area contributed by atoms with Gasteiger partial charge in [0, 0.05) is 17.1 Å². The zero-order valence-electron chi connectivity index (χ0n) is 20.8. The van der Waals surface area contributed by atoms with Crippen LogP contribution in [0.25, 0.3) is 11.8 Å². The third kappa shape index (κ3) is 4.35. The number of carbonyl (C=O) groups is 3. The lowest BCUT2D eigenvalue weighted by molar-refractivity contribution is -0.122. The molecule has 0 saturated carbocycles. The van der Waals surface area contributed by atoms with Crippen molar-refractivity contribution in [2.24, 2.45) is 0 Å². The standard InChI is InChI=1S/C28H27N3O4S/c1-6-19-9-7-8-10-24(19)31-26(33)22(25(32)29-28(31)36)15-21-14-17(3)30(18(21)4)23-12-11-20(13-16(23)2)27(34)35-5/h7-15H,6H2,1-5H3,(H,29,32,36)/b22-15-. The highest BCUT2D eigenvalue weighted by molar-refractivity contribution is 7.80. The van der Waals surface area contributed by atoms with Crippen molar-refractivity contribution >= 4 is 46.9 Å². The zero-order chi connectivity index (χ0) is 26.1. The third-order valence-corrected chi connectivity index (χ3v) is 6.63. The predicted octanol–water partition coefficient (Wildman–Crippen LogP) is 4.58. The Bertz CT molecular complexity index is 1450. The van der Waals surface area contributed by atoms with E-state index in [4.69, 9.17) is 17.0 Å². The van der Waals surface area contributed by atoms with Gasteiger partial charge in [0.05, 0.1) is 18.4 Å². The Morgan fingerprint density at radius 3 is 2.44 bits per heavy atom. The van der Waals surface area contributed by atoms with Crippen LogP contribution in [-0.4, -0.2) is 34.6 Å². The molecule has 0 radical (unpaired) electrons. The van der Waals surface area contributed by atoms with Gasteiger partial charge in [-0.2, -0.15) is 0 Å². The summed E-state index contributed by atoms with van der Waals surface area (Å²) < 4.78 is 6.85. The van der Waals surface area contributed by atoms with Gasteiger partial charge in [0.1, 0.15) is 5.57 Å². The molecule has 184 valence electrons. The molecule has 0 aliphatic carbocycles. The SMILES string of the molecule is CCc1ccccc1N1C(=O)/C(=C\c2cc(C)n(-c3ccc(C(=O)OC)cc3C)c2C)C(=O)NC1=S. The molecule has 0 spiro atoms. The summed E-state index contributed by atoms with van der Waals surface area (Å²) in [4.78, 5) is 39.7. The highest BCUT2D eigenvalue weighted by Gasteiger charge is 2.35. The number of rotatable bonds is 5. The minimum absolute atomic E-state index is 0.00696. The molecule has 3 aromatic rings. The van der Waals surface area contributed by atoms with E-state index in [1.807, 2.05) is 68.7 Å². The lowest BCUT2D eigenvalue weighted by Gasteiger charge is -2.30. The Balaban J connectivity index is 1.77. The van der Waals surface area contributed by atoms with Gasteiger partial charge in [0.15, 0.2) is 5.11 Å². The van der Waals surface area contributed by atoms with E-state index in [2.05, 4.69) is 5.32 Å². The van der Waals surface area contributed by atoms with E-state index in [0.29, 0.717) is 17.7 Å². The van der Waals surface area contributed by atoms with Crippen molar-refractivity contribution in [3.05, 3.63) is 87.7 Å². The third-order valence-electron chi connectivity index (χ3n) is 6.34. The smallest absolute Gasteiger partial charge is 0.337 e. The van der Waals surface area contributed by atoms with Crippen LogP contribution in [0.1, 0.15) is 45.4 Å². The molecule has 1 saturated heterocycles. The molecule has 2 amide bonds. The number of methoxy groups -OCH3 is 1. The molecule has 1 fully saturated rings. The number of anilines is 1. The second-order valence-electron chi connectivity index (χ2n) is 8.59. The predicted molar refractivity (Wildman–Crippen MR) is 143 cm³/mol. The van der Waals surface area contributed by atoms with Gasteiger partial charge in [0.25, 0.3) is 11.8 Å². The number of aryl methyl sites for hydroxylation is 3. The lowest BCUT2D eigenvalue weighted by Crippen LogP contribution is -2.54. The maximum absolute atomic E-state index is 13.5. The number of hydrogen-bond acceptors (Lipinski definition) is 5. The molecular formula is C28H27N3O4S. The van der Waals surface area contributed by atoms with Gasteiger partial charge >= 0.3 is 5.97 Å². The van der Waals surface area contributed by atoms with Gasteiger partial charge < -0.3 is 9.30 Å². The number of nitrogens with zero attached hydrogens (tertiary/aromatic N) is 2. The second-order valence-corrected chi connectivity index (χ2v) is 8.98. The highest BCUT2D eigenvalue weighted by Crippen LogP contribution is 2.29. The van der Waals surface area contributed by atoms with Crippen LogP contribution in [0.2, 0.25) is 0 Å². The van der Waals surface area contributed by atoms with E-state index >= 15 is 0 Å². The Labute approximate surface area is 215 Å². The Kier molecular flexibility index (Phi) is 6.90. The minimum atomic E-state index is -0.529. The molecule has 1 aliphatic heterocycles. The molecule has 2 aromatic carbocycles. The van der Waals surface area contributed by atoms with E-state index < -0.39 is 17.8 Å². The second kappa shape index (κ2) is 9.91. The Hall–Kier alpha value is -4.04. The van der Waals surface area contributed by atoms with Gasteiger partial charge in [-0.15, -0.1) is 0 Å². The van der Waals surface area contributed by atoms with Crippen LogP contribution in [0.5, 0.6) is 0 Å². The maximum Gasteiger partial charge on any atom is 0.337 e. The van der Waals surface area contributed by atoms with Crippen LogP contribution >= 0.6 is 12.2 Å². The number of benzene rings is 2. The van der Waals surface area contributed by atoms with Crippen LogP contribution in [0.15, 0.2) is 54.1 Å². The summed E-state index contributed by atoms with van der Waals surface area (Å²) in [5.41, 5.74) is 6.37. The van der Waals surface area contributed by atoms with Crippen LogP contribution in [-0.2, 0) is 20.7 Å². The van der Waals surface area contributed by atoms with Gasteiger partial charge in [0.2, 0.25) is 0 Å². The van der Waals surface area contributed by atoms with E-state index in [9.17, 15) is 14.4 Å². The van der Waals surface area contributed by atoms with Gasteiger partial charge in [-0.1, -0.05) is 25.1 Å². The molecule has 8 heteroatoms. The van der Waals surface area contributed by atoms with E-state index in [0.717, 1.165) is 33.8 Å². The summed E-state index contributed by atoms with van der Waals surface area (Å²) in [7, 11) is 1.35. The molecule has 36 heavy (non-hydrogen) atoms. The number of amides is 2. The summed E-state index contributed by atoms with van der Waals surface area (Å²) in [6.07, 6.45) is 2.32. The van der Waals surface area contributed by atoms with Crippen molar-refractivity contribution in [1.82, 2.24) is 9.88 Å². The normalized spacial score (nSPS) is 14.9. The van der Waals surface area contributed by atoms with Crippen molar-refractivity contribution in [1.29, 1.82) is 0 Å². The summed E-state index contributed by atoms with van der Waals surface area (Å²) in [5.74, 6) is -1.39. The first kappa shape index (κ1) is 25.1. The topological polar surface area (TPSA) is 80.6 Å². The first-order valence-corrected chi connectivity index (χ1v) is 12.0. The molecule has 1 aromatic heterocycles. The number of thiocarbonyl (C=S) groups is 1. The fourth-order valence-electron chi connectivity index (χ4n) is 4.52. The van der Waals surface area contributed by atoms with Gasteiger partial charge in [-0.05, 0) is 92.5 Å². The number of esters is 1. The van der Waals surface area contributed by atoms with Gasteiger partial charge in [-0.25, -0.2) is 4.79 Å². The monoisotopic (exact) mass is 501 g/mol. The molecule has 4 rings (SSSR count). The van der Waals surface area contributed by atoms with E-state index in [1.54, 1.807) is 18.2 Å². The van der Waals surface area contributed by atoms with Crippen molar-refractivity contribution in [3.63, 3.8) is 0 Å². The number of carbonyl (C=O) groups excluding carboxylic acids is 3. The Morgan fingerprint density at radius 1 is 1.06 bits per heavy atom. The highest BCUT2D eigenvalue weighted by atomic mass is 32.1. The average Bonchev–Trinajstić information content (AvgIpc) is 3.13. The lowest BCUT2D eigenvalue weighted by atomic mass is 10.0. The summed E-state index contributed by atoms with van der Waals surface area (Å²) in [6, 6.07) is 14.8. The minimum Gasteiger partial charge on any atom is -0.465 e. The number of aromatic nitrogens is 1.